The van der Waals surface area contributed by atoms with E-state index in [1.54, 1.807) is 18.2 Å². The molecule has 8 heteroatoms. The highest BCUT2D eigenvalue weighted by atomic mass is 16.4. The van der Waals surface area contributed by atoms with Crippen molar-refractivity contribution in [1.82, 2.24) is 14.7 Å². The second kappa shape index (κ2) is 10.4. The predicted octanol–water partition coefficient (Wildman–Crippen LogP) is 1.96. The van der Waals surface area contributed by atoms with Gasteiger partial charge in [0.15, 0.2) is 0 Å². The fourth-order valence-electron chi connectivity index (χ4n) is 4.80. The standard InChI is InChI=1S/C26H32N4O4/c1-27(2)11-12-28-13-15-29(16-14-28)24(31)18-30-23-10-6-5-8-20(23)22(17-25(32)33)19-7-3-4-9-21(19)26(30)34/h3-10,22H,11-18H2,1-2H3,(H,32,33). The number of rotatable bonds is 7. The van der Waals surface area contributed by atoms with Gasteiger partial charge in [0.1, 0.15) is 6.54 Å². The van der Waals surface area contributed by atoms with Gasteiger partial charge in [-0.1, -0.05) is 36.4 Å². The quantitative estimate of drug-likeness (QED) is 0.675. The summed E-state index contributed by atoms with van der Waals surface area (Å²) in [4.78, 5) is 46.5. The molecule has 2 amide bonds. The van der Waals surface area contributed by atoms with E-state index in [9.17, 15) is 19.5 Å². The van der Waals surface area contributed by atoms with Gasteiger partial charge in [-0.05, 0) is 37.4 Å². The predicted molar refractivity (Wildman–Crippen MR) is 130 cm³/mol. The van der Waals surface area contributed by atoms with E-state index >= 15 is 0 Å². The molecule has 1 unspecified atom stereocenters. The molecule has 2 heterocycles. The van der Waals surface area contributed by atoms with Gasteiger partial charge in [0.2, 0.25) is 5.91 Å². The third-order valence-electron chi connectivity index (χ3n) is 6.68. The monoisotopic (exact) mass is 464 g/mol. The highest BCUT2D eigenvalue weighted by Gasteiger charge is 2.35. The van der Waals surface area contributed by atoms with Gasteiger partial charge < -0.3 is 14.9 Å². The first kappa shape index (κ1) is 23.9. The van der Waals surface area contributed by atoms with Crippen molar-refractivity contribution in [3.63, 3.8) is 0 Å². The first-order chi connectivity index (χ1) is 16.3. The number of hydrogen-bond donors (Lipinski definition) is 1. The van der Waals surface area contributed by atoms with Crippen molar-refractivity contribution in [2.45, 2.75) is 12.3 Å². The topological polar surface area (TPSA) is 84.4 Å². The van der Waals surface area contributed by atoms with Crippen LogP contribution in [0.1, 0.15) is 33.8 Å². The number of carbonyl (C=O) groups excluding carboxylic acids is 2. The summed E-state index contributed by atoms with van der Waals surface area (Å²) >= 11 is 0. The SMILES string of the molecule is CN(C)CCN1CCN(C(=O)CN2C(=O)c3ccccc3C(CC(=O)O)c3ccccc32)CC1. The van der Waals surface area contributed by atoms with Gasteiger partial charge in [-0.25, -0.2) is 0 Å². The lowest BCUT2D eigenvalue weighted by molar-refractivity contribution is -0.137. The number of carboxylic acids is 1. The van der Waals surface area contributed by atoms with Crippen LogP contribution in [0, 0.1) is 0 Å². The summed E-state index contributed by atoms with van der Waals surface area (Å²) in [7, 11) is 4.10. The lowest BCUT2D eigenvalue weighted by Crippen LogP contribution is -2.52. The van der Waals surface area contributed by atoms with Gasteiger partial charge in [-0.2, -0.15) is 0 Å². The molecule has 0 bridgehead atoms. The van der Waals surface area contributed by atoms with Crippen molar-refractivity contribution < 1.29 is 19.5 Å². The number of aliphatic carboxylic acids is 1. The van der Waals surface area contributed by atoms with E-state index in [0.717, 1.165) is 31.7 Å². The molecule has 2 aromatic carbocycles. The minimum Gasteiger partial charge on any atom is -0.481 e. The second-order valence-corrected chi connectivity index (χ2v) is 9.21. The summed E-state index contributed by atoms with van der Waals surface area (Å²) in [6, 6.07) is 14.5. The molecule has 1 N–H and O–H groups in total. The number of piperazine rings is 1. The van der Waals surface area contributed by atoms with Crippen molar-refractivity contribution in [2.24, 2.45) is 0 Å². The van der Waals surface area contributed by atoms with Gasteiger partial charge in [0.05, 0.1) is 6.42 Å². The number of fused-ring (bicyclic) bond motifs is 2. The van der Waals surface area contributed by atoms with Crippen molar-refractivity contribution in [2.75, 3.05) is 64.8 Å². The van der Waals surface area contributed by atoms with Crippen LogP contribution < -0.4 is 4.90 Å². The van der Waals surface area contributed by atoms with Gasteiger partial charge in [0, 0.05) is 56.4 Å². The summed E-state index contributed by atoms with van der Waals surface area (Å²) < 4.78 is 0. The molecular formula is C26H32N4O4. The van der Waals surface area contributed by atoms with Gasteiger partial charge in [-0.3, -0.25) is 24.2 Å². The van der Waals surface area contributed by atoms with Crippen LogP contribution >= 0.6 is 0 Å². The summed E-state index contributed by atoms with van der Waals surface area (Å²) in [5.74, 6) is -1.76. The zero-order valence-corrected chi connectivity index (χ0v) is 19.8. The molecule has 0 aromatic heterocycles. The molecule has 180 valence electrons. The lowest BCUT2D eigenvalue weighted by atomic mass is 9.86. The molecule has 1 fully saturated rings. The number of anilines is 1. The molecule has 1 atom stereocenters. The molecule has 0 spiro atoms. The van der Waals surface area contributed by atoms with Crippen molar-refractivity contribution in [1.29, 1.82) is 0 Å². The van der Waals surface area contributed by atoms with Crippen molar-refractivity contribution in [3.8, 4) is 0 Å². The Morgan fingerprint density at radius 2 is 1.62 bits per heavy atom. The molecule has 0 saturated carbocycles. The minimum atomic E-state index is -0.932. The van der Waals surface area contributed by atoms with Crippen LogP contribution in [-0.2, 0) is 9.59 Å². The zero-order chi connectivity index (χ0) is 24.2. The normalized spacial score (nSPS) is 18.4. The molecule has 4 rings (SSSR count). The Morgan fingerprint density at radius 3 is 2.29 bits per heavy atom. The average Bonchev–Trinajstić information content (AvgIpc) is 2.92. The molecule has 0 aliphatic carbocycles. The highest BCUT2D eigenvalue weighted by molar-refractivity contribution is 6.11. The molecule has 2 aromatic rings. The molecular weight excluding hydrogens is 432 g/mol. The van der Waals surface area contributed by atoms with E-state index < -0.39 is 11.9 Å². The van der Waals surface area contributed by atoms with E-state index in [2.05, 4.69) is 23.9 Å². The maximum atomic E-state index is 13.6. The van der Waals surface area contributed by atoms with E-state index in [0.29, 0.717) is 29.9 Å². The van der Waals surface area contributed by atoms with Crippen molar-refractivity contribution >= 4 is 23.5 Å². The van der Waals surface area contributed by atoms with Crippen LogP contribution in [-0.4, -0.2) is 97.5 Å². The number of benzene rings is 2. The Labute approximate surface area is 200 Å². The Morgan fingerprint density at radius 1 is 0.971 bits per heavy atom. The van der Waals surface area contributed by atoms with E-state index in [1.807, 2.05) is 35.2 Å². The van der Waals surface area contributed by atoms with Crippen LogP contribution in [0.2, 0.25) is 0 Å². The molecule has 2 aliphatic rings. The van der Waals surface area contributed by atoms with E-state index in [-0.39, 0.29) is 24.8 Å². The van der Waals surface area contributed by atoms with E-state index in [1.165, 1.54) is 4.90 Å². The third kappa shape index (κ3) is 5.13. The molecule has 34 heavy (non-hydrogen) atoms. The first-order valence-corrected chi connectivity index (χ1v) is 11.7. The van der Waals surface area contributed by atoms with Gasteiger partial charge in [-0.15, -0.1) is 0 Å². The fraction of sp³-hybridized carbons (Fsp3) is 0.423. The smallest absolute Gasteiger partial charge is 0.304 e. The van der Waals surface area contributed by atoms with Crippen LogP contribution in [0.3, 0.4) is 0 Å². The Hall–Kier alpha value is -3.23. The Balaban J connectivity index is 1.58. The van der Waals surface area contributed by atoms with E-state index in [4.69, 9.17) is 0 Å². The number of para-hydroxylation sites is 1. The third-order valence-corrected chi connectivity index (χ3v) is 6.68. The molecule has 0 radical (unpaired) electrons. The highest BCUT2D eigenvalue weighted by Crippen LogP contribution is 2.40. The van der Waals surface area contributed by atoms with Crippen LogP contribution in [0.5, 0.6) is 0 Å². The number of nitrogens with zero attached hydrogens (tertiary/aromatic N) is 4. The minimum absolute atomic E-state index is 0.0678. The summed E-state index contributed by atoms with van der Waals surface area (Å²) in [5, 5.41) is 9.58. The van der Waals surface area contributed by atoms with Gasteiger partial charge in [0.25, 0.3) is 5.91 Å². The number of carboxylic acid groups (broad SMARTS) is 1. The number of carbonyl (C=O) groups is 3. The van der Waals surface area contributed by atoms with Crippen molar-refractivity contribution in [3.05, 3.63) is 65.2 Å². The Kier molecular flexibility index (Phi) is 7.29. The second-order valence-electron chi connectivity index (χ2n) is 9.21. The Bertz CT molecular complexity index is 1060. The number of hydrogen-bond acceptors (Lipinski definition) is 5. The first-order valence-electron chi connectivity index (χ1n) is 11.7. The van der Waals surface area contributed by atoms with Crippen LogP contribution in [0.4, 0.5) is 5.69 Å². The zero-order valence-electron chi connectivity index (χ0n) is 19.8. The van der Waals surface area contributed by atoms with Gasteiger partial charge >= 0.3 is 5.97 Å². The molecule has 2 aliphatic heterocycles. The summed E-state index contributed by atoms with van der Waals surface area (Å²) in [6.07, 6.45) is -0.127. The summed E-state index contributed by atoms with van der Waals surface area (Å²) in [6.45, 7) is 4.77. The fourth-order valence-corrected chi connectivity index (χ4v) is 4.80. The van der Waals surface area contributed by atoms with Crippen LogP contribution in [0.15, 0.2) is 48.5 Å². The number of likely N-dealkylation sites (N-methyl/N-ethyl adjacent to an activating group) is 1. The molecule has 1 saturated heterocycles. The largest absolute Gasteiger partial charge is 0.481 e. The lowest BCUT2D eigenvalue weighted by Gasteiger charge is -2.36. The maximum absolute atomic E-state index is 13.6. The maximum Gasteiger partial charge on any atom is 0.304 e. The number of amides is 2. The summed E-state index contributed by atoms with van der Waals surface area (Å²) in [5.41, 5.74) is 2.50. The molecule has 8 nitrogen and oxygen atoms in total. The van der Waals surface area contributed by atoms with Crippen LogP contribution in [0.25, 0.3) is 0 Å². The average molecular weight is 465 g/mol.